The average Bonchev–Trinajstić information content (AvgIpc) is 3.21. The molecule has 12 heteroatoms. The van der Waals surface area contributed by atoms with Crippen molar-refractivity contribution in [2.75, 3.05) is 6.54 Å². The van der Waals surface area contributed by atoms with Crippen LogP contribution >= 0.6 is 0 Å². The summed E-state index contributed by atoms with van der Waals surface area (Å²) in [6.45, 7) is 2.94. The fraction of sp³-hybridized carbons (Fsp3) is 0.435. The second-order valence-corrected chi connectivity index (χ2v) is 8.58. The Balaban J connectivity index is 1.97. The minimum absolute atomic E-state index is 0.0345. The number of aliphatic carboxylic acids is 1. The maximum absolute atomic E-state index is 12.9. The molecule has 0 fully saturated rings. The van der Waals surface area contributed by atoms with Gasteiger partial charge in [0.15, 0.2) is 0 Å². The Kier molecular flexibility index (Phi) is 9.76. The van der Waals surface area contributed by atoms with Gasteiger partial charge in [-0.3, -0.25) is 19.2 Å². The first kappa shape index (κ1) is 27.3. The van der Waals surface area contributed by atoms with Crippen LogP contribution in [0.2, 0.25) is 0 Å². The van der Waals surface area contributed by atoms with E-state index in [-0.39, 0.29) is 25.2 Å². The molecule has 0 aliphatic rings. The lowest BCUT2D eigenvalue weighted by Crippen LogP contribution is -2.55. The highest BCUT2D eigenvalue weighted by atomic mass is 16.4. The summed E-state index contributed by atoms with van der Waals surface area (Å²) in [5.74, 6) is -4.13. The topological polar surface area (TPSA) is 209 Å². The van der Waals surface area contributed by atoms with Gasteiger partial charge in [0.2, 0.25) is 23.6 Å². The average molecular weight is 489 g/mol. The Bertz CT molecular complexity index is 1080. The van der Waals surface area contributed by atoms with Gasteiger partial charge in [-0.2, -0.15) is 0 Å². The molecule has 0 radical (unpaired) electrons. The fourth-order valence-corrected chi connectivity index (χ4v) is 3.47. The molecule has 1 heterocycles. The number of fused-ring (bicyclic) bond motifs is 1. The molecule has 12 nitrogen and oxygen atoms in total. The van der Waals surface area contributed by atoms with Gasteiger partial charge in [0.25, 0.3) is 0 Å². The van der Waals surface area contributed by atoms with Crippen molar-refractivity contribution < 1.29 is 29.1 Å². The number of aromatic amines is 1. The van der Waals surface area contributed by atoms with E-state index in [0.717, 1.165) is 16.5 Å². The standard InChI is InChI=1S/C23H32N6O6/c1-12(2)20(29-19(31)11-27-21(32)15(24)7-8-18(25)30)22(33)28-17(23(34)35)9-13-10-26-16-6-4-3-5-14(13)16/h3-6,10,12,15,17,20,26H,7-9,11,24H2,1-2H3,(H2,25,30)(H,27,32)(H,28,33)(H,29,31)(H,34,35). The first-order chi connectivity index (χ1) is 16.5. The zero-order valence-corrected chi connectivity index (χ0v) is 19.7. The predicted molar refractivity (Wildman–Crippen MR) is 128 cm³/mol. The quantitative estimate of drug-likeness (QED) is 0.189. The smallest absolute Gasteiger partial charge is 0.326 e. The molecule has 190 valence electrons. The molecule has 0 spiro atoms. The van der Waals surface area contributed by atoms with Crippen LogP contribution in [0.15, 0.2) is 30.5 Å². The van der Waals surface area contributed by atoms with Crippen molar-refractivity contribution in [3.05, 3.63) is 36.0 Å². The number of nitrogens with two attached hydrogens (primary N) is 2. The number of primary amides is 1. The Labute approximate surface area is 202 Å². The highest BCUT2D eigenvalue weighted by Gasteiger charge is 2.29. The molecule has 3 unspecified atom stereocenters. The third kappa shape index (κ3) is 8.10. The highest BCUT2D eigenvalue weighted by Crippen LogP contribution is 2.19. The number of aromatic nitrogens is 1. The Morgan fingerprint density at radius 3 is 2.37 bits per heavy atom. The number of benzene rings is 1. The number of para-hydroxylation sites is 1. The number of carbonyl (C=O) groups excluding carboxylic acids is 4. The van der Waals surface area contributed by atoms with E-state index >= 15 is 0 Å². The van der Waals surface area contributed by atoms with E-state index in [2.05, 4.69) is 20.9 Å². The summed E-state index contributed by atoms with van der Waals surface area (Å²) < 4.78 is 0. The zero-order chi connectivity index (χ0) is 26.1. The number of rotatable bonds is 13. The molecule has 0 aliphatic heterocycles. The highest BCUT2D eigenvalue weighted by molar-refractivity contribution is 5.93. The molecular formula is C23H32N6O6. The molecule has 1 aromatic heterocycles. The second kappa shape index (κ2) is 12.5. The summed E-state index contributed by atoms with van der Waals surface area (Å²) in [5.41, 5.74) is 12.3. The van der Waals surface area contributed by atoms with Gasteiger partial charge < -0.3 is 37.5 Å². The summed E-state index contributed by atoms with van der Waals surface area (Å²) in [7, 11) is 0. The lowest BCUT2D eigenvalue weighted by Gasteiger charge is -2.24. The largest absolute Gasteiger partial charge is 0.480 e. The predicted octanol–water partition coefficient (Wildman–Crippen LogP) is -0.870. The van der Waals surface area contributed by atoms with Gasteiger partial charge in [0.05, 0.1) is 12.6 Å². The Morgan fingerprint density at radius 1 is 1.06 bits per heavy atom. The normalized spacial score (nSPS) is 13.6. The summed E-state index contributed by atoms with van der Waals surface area (Å²) in [4.78, 5) is 62.9. The van der Waals surface area contributed by atoms with E-state index in [1.807, 2.05) is 24.3 Å². The summed E-state index contributed by atoms with van der Waals surface area (Å²) in [5, 5.41) is 17.9. The number of nitrogens with one attached hydrogen (secondary N) is 4. The van der Waals surface area contributed by atoms with Gasteiger partial charge in [-0.1, -0.05) is 32.0 Å². The van der Waals surface area contributed by atoms with Crippen LogP contribution < -0.4 is 27.4 Å². The molecule has 2 aromatic rings. The molecule has 1 aromatic carbocycles. The van der Waals surface area contributed by atoms with E-state index in [4.69, 9.17) is 11.5 Å². The van der Waals surface area contributed by atoms with Gasteiger partial charge in [0.1, 0.15) is 12.1 Å². The Hall–Kier alpha value is -3.93. The number of amides is 4. The van der Waals surface area contributed by atoms with Crippen molar-refractivity contribution in [2.24, 2.45) is 17.4 Å². The van der Waals surface area contributed by atoms with E-state index in [0.29, 0.717) is 0 Å². The molecule has 0 saturated carbocycles. The third-order valence-corrected chi connectivity index (χ3v) is 5.44. The van der Waals surface area contributed by atoms with Crippen LogP contribution in [0.5, 0.6) is 0 Å². The van der Waals surface area contributed by atoms with Crippen LogP contribution in [0.3, 0.4) is 0 Å². The maximum atomic E-state index is 12.9. The number of H-pyrrole nitrogens is 1. The van der Waals surface area contributed by atoms with Crippen molar-refractivity contribution in [2.45, 2.75) is 51.2 Å². The van der Waals surface area contributed by atoms with Crippen molar-refractivity contribution >= 4 is 40.5 Å². The number of hydrogen-bond acceptors (Lipinski definition) is 6. The molecule has 0 bridgehead atoms. The van der Waals surface area contributed by atoms with E-state index < -0.39 is 54.3 Å². The van der Waals surface area contributed by atoms with Crippen molar-refractivity contribution in [3.63, 3.8) is 0 Å². The van der Waals surface area contributed by atoms with E-state index in [9.17, 15) is 29.1 Å². The van der Waals surface area contributed by atoms with Gasteiger partial charge in [-0.25, -0.2) is 4.79 Å². The molecule has 2 rings (SSSR count). The van der Waals surface area contributed by atoms with E-state index in [1.54, 1.807) is 20.0 Å². The molecular weight excluding hydrogens is 456 g/mol. The van der Waals surface area contributed by atoms with Crippen molar-refractivity contribution in [1.29, 1.82) is 0 Å². The summed E-state index contributed by atoms with van der Waals surface area (Å²) in [6.07, 6.45) is 1.71. The molecule has 4 amide bonds. The number of carboxylic acids is 1. The van der Waals surface area contributed by atoms with Gasteiger partial charge in [-0.05, 0) is 24.0 Å². The zero-order valence-electron chi connectivity index (χ0n) is 19.7. The first-order valence-corrected chi connectivity index (χ1v) is 11.2. The number of hydrogen-bond donors (Lipinski definition) is 7. The van der Waals surface area contributed by atoms with Gasteiger partial charge in [0, 0.05) is 29.9 Å². The Morgan fingerprint density at radius 2 is 1.74 bits per heavy atom. The fourth-order valence-electron chi connectivity index (χ4n) is 3.47. The third-order valence-electron chi connectivity index (χ3n) is 5.44. The minimum atomic E-state index is -1.22. The van der Waals surface area contributed by atoms with Crippen LogP contribution in [0.4, 0.5) is 0 Å². The maximum Gasteiger partial charge on any atom is 0.326 e. The number of carbonyl (C=O) groups is 5. The first-order valence-electron chi connectivity index (χ1n) is 11.2. The summed E-state index contributed by atoms with van der Waals surface area (Å²) >= 11 is 0. The van der Waals surface area contributed by atoms with Crippen molar-refractivity contribution in [1.82, 2.24) is 20.9 Å². The van der Waals surface area contributed by atoms with Gasteiger partial charge >= 0.3 is 5.97 Å². The minimum Gasteiger partial charge on any atom is -0.480 e. The van der Waals surface area contributed by atoms with E-state index in [1.165, 1.54) is 0 Å². The second-order valence-electron chi connectivity index (χ2n) is 8.58. The van der Waals surface area contributed by atoms with Crippen LogP contribution in [0.25, 0.3) is 10.9 Å². The molecule has 3 atom stereocenters. The molecule has 9 N–H and O–H groups in total. The lowest BCUT2D eigenvalue weighted by molar-refractivity contribution is -0.142. The number of carboxylic acid groups (broad SMARTS) is 1. The van der Waals surface area contributed by atoms with Crippen molar-refractivity contribution in [3.8, 4) is 0 Å². The van der Waals surface area contributed by atoms with Crippen LogP contribution in [0, 0.1) is 5.92 Å². The molecule has 0 saturated heterocycles. The van der Waals surface area contributed by atoms with Crippen LogP contribution in [0.1, 0.15) is 32.3 Å². The van der Waals surface area contributed by atoms with Crippen LogP contribution in [-0.2, 0) is 30.4 Å². The summed E-state index contributed by atoms with van der Waals surface area (Å²) in [6, 6.07) is 4.14. The molecule has 0 aliphatic carbocycles. The van der Waals surface area contributed by atoms with Gasteiger partial charge in [-0.15, -0.1) is 0 Å². The van der Waals surface area contributed by atoms with Crippen LogP contribution in [-0.4, -0.2) is 64.4 Å². The monoisotopic (exact) mass is 488 g/mol. The molecule has 35 heavy (non-hydrogen) atoms. The lowest BCUT2D eigenvalue weighted by atomic mass is 10.0. The SMILES string of the molecule is CC(C)C(NC(=O)CNC(=O)C(N)CCC(N)=O)C(=O)NC(Cc1c[nH]c2ccccc12)C(=O)O.